The molecule has 0 bridgehead atoms. The number of furan rings is 1. The van der Waals surface area contributed by atoms with Crippen molar-refractivity contribution in [2.75, 3.05) is 6.61 Å². The minimum atomic E-state index is -0.129. The van der Waals surface area contributed by atoms with E-state index in [1.807, 2.05) is 57.2 Å². The van der Waals surface area contributed by atoms with E-state index < -0.39 is 0 Å². The van der Waals surface area contributed by atoms with Gasteiger partial charge in [0.1, 0.15) is 11.5 Å². The van der Waals surface area contributed by atoms with Crippen molar-refractivity contribution in [2.24, 2.45) is 0 Å². The number of benzene rings is 2. The van der Waals surface area contributed by atoms with Crippen LogP contribution in [0.4, 0.5) is 0 Å². The van der Waals surface area contributed by atoms with Crippen molar-refractivity contribution in [3.63, 3.8) is 0 Å². The highest BCUT2D eigenvalue weighted by Gasteiger charge is 2.18. The Hall–Kier alpha value is -2.72. The SMILES string of the molecule is Cc1cc(C)c(OCC(=O)N(Cc2ccco2)Cc2ccccc2Cl)c(C)c1. The third-order valence-electron chi connectivity index (χ3n) is 4.54. The molecule has 1 heterocycles. The Morgan fingerprint density at radius 2 is 1.75 bits per heavy atom. The third-order valence-corrected chi connectivity index (χ3v) is 4.91. The summed E-state index contributed by atoms with van der Waals surface area (Å²) in [5.41, 5.74) is 4.10. The van der Waals surface area contributed by atoms with Gasteiger partial charge in [-0.05, 0) is 55.7 Å². The van der Waals surface area contributed by atoms with Crippen LogP contribution in [0.25, 0.3) is 0 Å². The zero-order chi connectivity index (χ0) is 20.1. The van der Waals surface area contributed by atoms with Crippen molar-refractivity contribution >= 4 is 17.5 Å². The molecule has 0 saturated heterocycles. The minimum absolute atomic E-state index is 0.0457. The lowest BCUT2D eigenvalue weighted by atomic mass is 10.1. The lowest BCUT2D eigenvalue weighted by molar-refractivity contribution is -0.134. The van der Waals surface area contributed by atoms with Gasteiger partial charge >= 0.3 is 0 Å². The number of aryl methyl sites for hydroxylation is 3. The Morgan fingerprint density at radius 3 is 2.39 bits per heavy atom. The maximum Gasteiger partial charge on any atom is 0.261 e. The van der Waals surface area contributed by atoms with E-state index in [2.05, 4.69) is 12.1 Å². The molecule has 0 radical (unpaired) electrons. The Balaban J connectivity index is 1.75. The molecular formula is C23H24ClNO3. The van der Waals surface area contributed by atoms with Crippen molar-refractivity contribution in [2.45, 2.75) is 33.9 Å². The number of carbonyl (C=O) groups is 1. The summed E-state index contributed by atoms with van der Waals surface area (Å²) in [7, 11) is 0. The van der Waals surface area contributed by atoms with Gasteiger partial charge in [0.15, 0.2) is 6.61 Å². The first-order chi connectivity index (χ1) is 13.4. The molecule has 0 atom stereocenters. The third kappa shape index (κ3) is 4.96. The Kier molecular flexibility index (Phi) is 6.42. The van der Waals surface area contributed by atoms with Crippen molar-refractivity contribution in [1.82, 2.24) is 4.90 Å². The topological polar surface area (TPSA) is 42.7 Å². The fourth-order valence-corrected chi connectivity index (χ4v) is 3.47. The first-order valence-electron chi connectivity index (χ1n) is 9.18. The van der Waals surface area contributed by atoms with E-state index in [0.29, 0.717) is 23.9 Å². The molecule has 0 aliphatic heterocycles. The summed E-state index contributed by atoms with van der Waals surface area (Å²) in [6.07, 6.45) is 1.60. The van der Waals surface area contributed by atoms with Crippen LogP contribution in [0.1, 0.15) is 28.0 Å². The molecule has 0 fully saturated rings. The molecule has 2 aromatic carbocycles. The Morgan fingerprint density at radius 1 is 1.04 bits per heavy atom. The van der Waals surface area contributed by atoms with Gasteiger partial charge in [-0.1, -0.05) is 47.5 Å². The molecule has 4 nitrogen and oxygen atoms in total. The quantitative estimate of drug-likeness (QED) is 0.531. The molecular weight excluding hydrogens is 374 g/mol. The summed E-state index contributed by atoms with van der Waals surface area (Å²) in [4.78, 5) is 14.7. The summed E-state index contributed by atoms with van der Waals surface area (Å²) < 4.78 is 11.3. The van der Waals surface area contributed by atoms with Crippen LogP contribution in [-0.4, -0.2) is 17.4 Å². The highest BCUT2D eigenvalue weighted by atomic mass is 35.5. The van der Waals surface area contributed by atoms with Gasteiger partial charge in [0, 0.05) is 11.6 Å². The summed E-state index contributed by atoms with van der Waals surface area (Å²) >= 11 is 6.29. The summed E-state index contributed by atoms with van der Waals surface area (Å²) in [6.45, 7) is 6.72. The summed E-state index contributed by atoms with van der Waals surface area (Å²) in [5.74, 6) is 1.34. The normalized spacial score (nSPS) is 10.7. The van der Waals surface area contributed by atoms with Gasteiger partial charge in [-0.15, -0.1) is 0 Å². The molecule has 28 heavy (non-hydrogen) atoms. The Bertz CT molecular complexity index is 927. The van der Waals surface area contributed by atoms with Crippen LogP contribution in [0.2, 0.25) is 5.02 Å². The maximum absolute atomic E-state index is 13.0. The second-order valence-corrected chi connectivity index (χ2v) is 7.34. The lowest BCUT2D eigenvalue weighted by Crippen LogP contribution is -2.34. The number of hydrogen-bond donors (Lipinski definition) is 0. The Labute approximate surface area is 170 Å². The van der Waals surface area contributed by atoms with E-state index in [9.17, 15) is 4.79 Å². The van der Waals surface area contributed by atoms with Gasteiger partial charge in [-0.3, -0.25) is 4.79 Å². The van der Waals surface area contributed by atoms with E-state index >= 15 is 0 Å². The standard InChI is InChI=1S/C23H24ClNO3/c1-16-11-17(2)23(18(3)12-16)28-15-22(26)25(14-20-8-6-10-27-20)13-19-7-4-5-9-21(19)24/h4-12H,13-15H2,1-3H3. The molecule has 0 unspecified atom stereocenters. The van der Waals surface area contributed by atoms with Crippen LogP contribution in [0, 0.1) is 20.8 Å². The molecule has 1 amide bonds. The predicted molar refractivity (Wildman–Crippen MR) is 111 cm³/mol. The molecule has 3 rings (SSSR count). The summed E-state index contributed by atoms with van der Waals surface area (Å²) in [5, 5.41) is 0.630. The van der Waals surface area contributed by atoms with Crippen LogP contribution in [0.15, 0.2) is 59.2 Å². The molecule has 1 aromatic heterocycles. The average Bonchev–Trinajstić information content (AvgIpc) is 3.15. The molecule has 0 aliphatic carbocycles. The second kappa shape index (κ2) is 8.98. The van der Waals surface area contributed by atoms with E-state index in [-0.39, 0.29) is 12.5 Å². The van der Waals surface area contributed by atoms with Crippen LogP contribution in [-0.2, 0) is 17.9 Å². The van der Waals surface area contributed by atoms with Gasteiger partial charge in [0.25, 0.3) is 5.91 Å². The number of hydrogen-bond acceptors (Lipinski definition) is 3. The second-order valence-electron chi connectivity index (χ2n) is 6.94. The van der Waals surface area contributed by atoms with Crippen molar-refractivity contribution in [3.8, 4) is 5.75 Å². The number of halogens is 1. The monoisotopic (exact) mass is 397 g/mol. The van der Waals surface area contributed by atoms with E-state index in [1.54, 1.807) is 11.2 Å². The fraction of sp³-hybridized carbons (Fsp3) is 0.261. The molecule has 0 spiro atoms. The van der Waals surface area contributed by atoms with Gasteiger partial charge in [0.05, 0.1) is 12.8 Å². The van der Waals surface area contributed by atoms with Crippen LogP contribution in [0.3, 0.4) is 0 Å². The largest absolute Gasteiger partial charge is 0.483 e. The van der Waals surface area contributed by atoms with Crippen LogP contribution >= 0.6 is 11.6 Å². The zero-order valence-corrected chi connectivity index (χ0v) is 17.1. The first-order valence-corrected chi connectivity index (χ1v) is 9.56. The minimum Gasteiger partial charge on any atom is -0.483 e. The van der Waals surface area contributed by atoms with Gasteiger partial charge in [-0.25, -0.2) is 0 Å². The molecule has 0 aliphatic rings. The van der Waals surface area contributed by atoms with Crippen molar-refractivity contribution in [3.05, 3.63) is 87.8 Å². The highest BCUT2D eigenvalue weighted by Crippen LogP contribution is 2.25. The van der Waals surface area contributed by atoms with Gasteiger partial charge < -0.3 is 14.1 Å². The van der Waals surface area contributed by atoms with Crippen molar-refractivity contribution < 1.29 is 13.9 Å². The molecule has 0 N–H and O–H groups in total. The lowest BCUT2D eigenvalue weighted by Gasteiger charge is -2.23. The fourth-order valence-electron chi connectivity index (χ4n) is 3.27. The number of amides is 1. The first kappa shape index (κ1) is 20.0. The van der Waals surface area contributed by atoms with E-state index in [4.69, 9.17) is 20.8 Å². The van der Waals surface area contributed by atoms with Gasteiger partial charge in [-0.2, -0.15) is 0 Å². The highest BCUT2D eigenvalue weighted by molar-refractivity contribution is 6.31. The number of nitrogens with zero attached hydrogens (tertiary/aromatic N) is 1. The van der Waals surface area contributed by atoms with Crippen LogP contribution in [0.5, 0.6) is 5.75 Å². The molecule has 0 saturated carbocycles. The number of rotatable bonds is 7. The van der Waals surface area contributed by atoms with Crippen LogP contribution < -0.4 is 4.74 Å². The molecule has 146 valence electrons. The number of carbonyl (C=O) groups excluding carboxylic acids is 1. The molecule has 5 heteroatoms. The molecule has 3 aromatic rings. The van der Waals surface area contributed by atoms with Gasteiger partial charge in [0.2, 0.25) is 0 Å². The maximum atomic E-state index is 13.0. The average molecular weight is 398 g/mol. The van der Waals surface area contributed by atoms with E-state index in [0.717, 1.165) is 22.4 Å². The zero-order valence-electron chi connectivity index (χ0n) is 16.4. The van der Waals surface area contributed by atoms with E-state index in [1.165, 1.54) is 5.56 Å². The van der Waals surface area contributed by atoms with Crippen molar-refractivity contribution in [1.29, 1.82) is 0 Å². The predicted octanol–water partition coefficient (Wildman–Crippen LogP) is 5.47. The smallest absolute Gasteiger partial charge is 0.261 e. The number of ether oxygens (including phenoxy) is 1. The summed E-state index contributed by atoms with van der Waals surface area (Å²) in [6, 6.07) is 15.3.